The van der Waals surface area contributed by atoms with Crippen molar-refractivity contribution in [3.8, 4) is 11.5 Å². The van der Waals surface area contributed by atoms with Crippen LogP contribution in [0, 0.1) is 11.8 Å². The third-order valence-electron chi connectivity index (χ3n) is 8.89. The molecular weight excluding hydrogens is 434 g/mol. The Bertz CT molecular complexity index is 1210. The molecule has 5 aliphatic rings. The van der Waals surface area contributed by atoms with Gasteiger partial charge in [-0.1, -0.05) is 6.07 Å². The molecule has 0 radical (unpaired) electrons. The second-order valence-corrected chi connectivity index (χ2v) is 10.6. The SMILES string of the molecule is O=C(Nc1ccncc1)C1C[C@@]2(O)[C@H]3Cc4ccc(O)c5c4[C@@]2(CCN3CC2CC2)[C@@H](O5)C1=O. The van der Waals surface area contributed by atoms with Gasteiger partial charge < -0.3 is 20.3 Å². The van der Waals surface area contributed by atoms with Crippen molar-refractivity contribution in [1.29, 1.82) is 0 Å². The smallest absolute Gasteiger partial charge is 0.235 e. The van der Waals surface area contributed by atoms with Crippen LogP contribution in [-0.4, -0.2) is 62.6 Å². The molecule has 1 spiro atoms. The first kappa shape index (κ1) is 20.4. The van der Waals surface area contributed by atoms with E-state index in [2.05, 4.69) is 15.2 Å². The number of piperidine rings is 1. The summed E-state index contributed by atoms with van der Waals surface area (Å²) in [5.74, 6) is -0.874. The number of ketones is 1. The molecule has 1 unspecified atom stereocenters. The standard InChI is InChI=1S/C26H27N3O5/c30-18-4-3-15-11-19-26(33)12-17(24(32)28-16-5-8-27-9-6-16)21(31)23-25(26,20(15)22(18)34-23)7-10-29(19)13-14-1-2-14/h3-6,8-9,14,17,19,23,30,33H,1-2,7,10-13H2,(H,27,28,32)/t17?,19-,23+,25+,26-/m1/s1. The molecule has 5 atom stereocenters. The van der Waals surface area contributed by atoms with Gasteiger partial charge in [0.05, 0.1) is 11.0 Å². The number of phenolic OH excluding ortho intramolecular Hbond substituents is 1. The third kappa shape index (κ3) is 2.53. The molecule has 1 saturated heterocycles. The van der Waals surface area contributed by atoms with Crippen LogP contribution in [-0.2, 0) is 21.4 Å². The van der Waals surface area contributed by atoms with E-state index in [1.165, 1.54) is 12.8 Å². The maximum absolute atomic E-state index is 13.8. The fourth-order valence-electron chi connectivity index (χ4n) is 7.19. The molecule has 2 saturated carbocycles. The maximum Gasteiger partial charge on any atom is 0.235 e. The normalized spacial score (nSPS) is 35.4. The molecule has 2 bridgehead atoms. The monoisotopic (exact) mass is 461 g/mol. The van der Waals surface area contributed by atoms with Crippen molar-refractivity contribution in [3.63, 3.8) is 0 Å². The summed E-state index contributed by atoms with van der Waals surface area (Å²) in [7, 11) is 0. The predicted molar refractivity (Wildman–Crippen MR) is 122 cm³/mol. The number of aromatic hydroxyl groups is 1. The van der Waals surface area contributed by atoms with E-state index < -0.39 is 28.9 Å². The average Bonchev–Trinajstić information content (AvgIpc) is 3.56. The lowest BCUT2D eigenvalue weighted by Gasteiger charge is -2.63. The van der Waals surface area contributed by atoms with Gasteiger partial charge in [-0.3, -0.25) is 19.5 Å². The number of hydrogen-bond donors (Lipinski definition) is 3. The van der Waals surface area contributed by atoms with E-state index in [9.17, 15) is 19.8 Å². The van der Waals surface area contributed by atoms with Crippen LogP contribution in [0.4, 0.5) is 5.69 Å². The number of amides is 1. The van der Waals surface area contributed by atoms with E-state index in [1.54, 1.807) is 30.6 Å². The Balaban J connectivity index is 1.34. The van der Waals surface area contributed by atoms with E-state index in [0.29, 0.717) is 30.2 Å². The number of nitrogens with zero attached hydrogens (tertiary/aromatic N) is 2. The number of carbonyl (C=O) groups excluding carboxylic acids is 2. The molecule has 1 aromatic heterocycles. The summed E-state index contributed by atoms with van der Waals surface area (Å²) < 4.78 is 6.18. The minimum atomic E-state index is -1.31. The number of phenols is 1. The minimum absolute atomic E-state index is 0.0191. The second kappa shape index (κ2) is 6.79. The number of rotatable bonds is 4. The zero-order valence-electron chi connectivity index (χ0n) is 18.7. The molecule has 34 heavy (non-hydrogen) atoms. The Morgan fingerprint density at radius 2 is 2.03 bits per heavy atom. The maximum atomic E-state index is 13.8. The second-order valence-electron chi connectivity index (χ2n) is 10.6. The number of aromatic nitrogens is 1. The summed E-state index contributed by atoms with van der Waals surface area (Å²) in [5, 5.41) is 26.0. The molecule has 2 aromatic rings. The van der Waals surface area contributed by atoms with Crippen molar-refractivity contribution in [3.05, 3.63) is 47.8 Å². The van der Waals surface area contributed by atoms with Gasteiger partial charge >= 0.3 is 0 Å². The van der Waals surface area contributed by atoms with Crippen LogP contribution in [0.25, 0.3) is 0 Å². The number of nitrogens with one attached hydrogen (secondary N) is 1. The Hall–Kier alpha value is -2.97. The Morgan fingerprint density at radius 1 is 1.24 bits per heavy atom. The van der Waals surface area contributed by atoms with Crippen LogP contribution in [0.15, 0.2) is 36.7 Å². The Morgan fingerprint density at radius 3 is 2.79 bits per heavy atom. The van der Waals surface area contributed by atoms with Gasteiger partial charge in [0.1, 0.15) is 5.92 Å². The van der Waals surface area contributed by atoms with Crippen molar-refractivity contribution in [2.45, 2.75) is 55.3 Å². The van der Waals surface area contributed by atoms with E-state index in [4.69, 9.17) is 4.74 Å². The van der Waals surface area contributed by atoms with Gasteiger partial charge in [-0.2, -0.15) is 0 Å². The van der Waals surface area contributed by atoms with E-state index in [-0.39, 0.29) is 24.0 Å². The number of hydrogen-bond acceptors (Lipinski definition) is 7. The molecule has 1 aromatic carbocycles. The van der Waals surface area contributed by atoms with Crippen molar-refractivity contribution >= 4 is 17.4 Å². The van der Waals surface area contributed by atoms with Gasteiger partial charge in [0.25, 0.3) is 0 Å². The van der Waals surface area contributed by atoms with Gasteiger partial charge in [-0.15, -0.1) is 0 Å². The molecule has 1 amide bonds. The highest BCUT2D eigenvalue weighted by Gasteiger charge is 2.75. The van der Waals surface area contributed by atoms with Gasteiger partial charge in [0.2, 0.25) is 5.91 Å². The van der Waals surface area contributed by atoms with Crippen LogP contribution >= 0.6 is 0 Å². The molecule has 7 rings (SSSR count). The van der Waals surface area contributed by atoms with Gasteiger partial charge in [-0.05, 0) is 68.3 Å². The molecule has 3 N–H and O–H groups in total. The quantitative estimate of drug-likeness (QED) is 0.595. The molecular formula is C26H27N3O5. The van der Waals surface area contributed by atoms with Crippen molar-refractivity contribution in [2.24, 2.45) is 11.8 Å². The van der Waals surface area contributed by atoms with Gasteiger partial charge in [-0.25, -0.2) is 0 Å². The highest BCUT2D eigenvalue weighted by molar-refractivity contribution is 6.10. The highest BCUT2D eigenvalue weighted by Crippen LogP contribution is 2.65. The van der Waals surface area contributed by atoms with E-state index >= 15 is 0 Å². The van der Waals surface area contributed by atoms with Crippen molar-refractivity contribution < 1.29 is 24.5 Å². The van der Waals surface area contributed by atoms with Gasteiger partial charge in [0, 0.05) is 36.2 Å². The molecule has 8 heteroatoms. The Kier molecular flexibility index (Phi) is 4.08. The molecule has 3 aliphatic carbocycles. The van der Waals surface area contributed by atoms with Crippen LogP contribution < -0.4 is 10.1 Å². The number of ether oxygens (including phenoxy) is 1. The fourth-order valence-corrected chi connectivity index (χ4v) is 7.19. The Labute approximate surface area is 196 Å². The van der Waals surface area contributed by atoms with Crippen LogP contribution in [0.5, 0.6) is 11.5 Å². The average molecular weight is 462 g/mol. The first-order chi connectivity index (χ1) is 16.4. The number of carbonyl (C=O) groups is 2. The summed E-state index contributed by atoms with van der Waals surface area (Å²) in [6.45, 7) is 1.69. The number of benzene rings is 1. The fraction of sp³-hybridized carbons (Fsp3) is 0.500. The van der Waals surface area contributed by atoms with Crippen LogP contribution in [0.1, 0.15) is 36.8 Å². The van der Waals surface area contributed by atoms with Crippen molar-refractivity contribution in [2.75, 3.05) is 18.4 Å². The lowest BCUT2D eigenvalue weighted by molar-refractivity contribution is -0.197. The molecule has 3 heterocycles. The minimum Gasteiger partial charge on any atom is -0.504 e. The summed E-state index contributed by atoms with van der Waals surface area (Å²) in [4.78, 5) is 33.5. The summed E-state index contributed by atoms with van der Waals surface area (Å²) >= 11 is 0. The molecule has 2 aliphatic heterocycles. The zero-order chi connectivity index (χ0) is 23.2. The summed E-state index contributed by atoms with van der Waals surface area (Å²) in [6.07, 6.45) is 5.79. The van der Waals surface area contributed by atoms with Crippen LogP contribution in [0.3, 0.4) is 0 Å². The number of likely N-dealkylation sites (tertiary alicyclic amines) is 1. The third-order valence-corrected chi connectivity index (χ3v) is 8.89. The number of pyridine rings is 1. The van der Waals surface area contributed by atoms with E-state index in [1.807, 2.05) is 6.07 Å². The zero-order valence-corrected chi connectivity index (χ0v) is 18.7. The molecule has 176 valence electrons. The molecule has 3 fully saturated rings. The number of anilines is 1. The first-order valence-electron chi connectivity index (χ1n) is 12.2. The predicted octanol–water partition coefficient (Wildman–Crippen LogP) is 1.79. The lowest BCUT2D eigenvalue weighted by Crippen LogP contribution is -2.78. The lowest BCUT2D eigenvalue weighted by atomic mass is 9.47. The number of aliphatic hydroxyl groups is 1. The largest absolute Gasteiger partial charge is 0.504 e. The number of Topliss-reactive ketones (excluding diaryl/α,β-unsaturated/α-hetero) is 1. The highest BCUT2D eigenvalue weighted by atomic mass is 16.5. The van der Waals surface area contributed by atoms with Gasteiger partial charge in [0.15, 0.2) is 23.4 Å². The summed E-state index contributed by atoms with van der Waals surface area (Å²) in [5.41, 5.74) is 0.103. The van der Waals surface area contributed by atoms with E-state index in [0.717, 1.165) is 24.2 Å². The molecule has 8 nitrogen and oxygen atoms in total. The van der Waals surface area contributed by atoms with Crippen LogP contribution in [0.2, 0.25) is 0 Å². The van der Waals surface area contributed by atoms with Crippen molar-refractivity contribution in [1.82, 2.24) is 9.88 Å². The first-order valence-corrected chi connectivity index (χ1v) is 12.2. The topological polar surface area (TPSA) is 112 Å². The summed E-state index contributed by atoms with van der Waals surface area (Å²) in [6, 6.07) is 6.65.